The third-order valence-corrected chi connectivity index (χ3v) is 7.02. The molecule has 30 heavy (non-hydrogen) atoms. The first-order chi connectivity index (χ1) is 14.3. The zero-order valence-electron chi connectivity index (χ0n) is 17.0. The molecule has 0 saturated carbocycles. The number of ether oxygens (including phenoxy) is 1. The van der Waals surface area contributed by atoms with Gasteiger partial charge in [0.1, 0.15) is 18.2 Å². The fraction of sp³-hybridized carbons (Fsp3) is 0.409. The highest BCUT2D eigenvalue weighted by atomic mass is 32.2. The molecular formula is C22H27FN2O4S. The Morgan fingerprint density at radius 3 is 2.37 bits per heavy atom. The maximum atomic E-state index is 12.9. The molecular weight excluding hydrogens is 407 g/mol. The van der Waals surface area contributed by atoms with Gasteiger partial charge >= 0.3 is 0 Å². The summed E-state index contributed by atoms with van der Waals surface area (Å²) in [5.41, 5.74) is 1.85. The first-order valence-corrected chi connectivity index (χ1v) is 11.6. The quantitative estimate of drug-likeness (QED) is 0.649. The SMILES string of the molecule is Cc1ccc(CS(=O)(=O)N2CCC(C(=O)NCCOc3ccc(F)cc3)CC2)cc1. The van der Waals surface area contributed by atoms with Gasteiger partial charge in [-0.15, -0.1) is 0 Å². The van der Waals surface area contributed by atoms with E-state index in [0.717, 1.165) is 11.1 Å². The van der Waals surface area contributed by atoms with Crippen molar-refractivity contribution in [3.8, 4) is 5.75 Å². The summed E-state index contributed by atoms with van der Waals surface area (Å²) in [6, 6.07) is 13.2. The Morgan fingerprint density at radius 2 is 1.73 bits per heavy atom. The lowest BCUT2D eigenvalue weighted by atomic mass is 9.97. The van der Waals surface area contributed by atoms with E-state index in [1.54, 1.807) is 0 Å². The molecule has 2 aromatic rings. The molecule has 0 aromatic heterocycles. The number of hydrogen-bond acceptors (Lipinski definition) is 4. The summed E-state index contributed by atoms with van der Waals surface area (Å²) >= 11 is 0. The van der Waals surface area contributed by atoms with Crippen molar-refractivity contribution in [1.82, 2.24) is 9.62 Å². The highest BCUT2D eigenvalue weighted by Crippen LogP contribution is 2.22. The first kappa shape index (κ1) is 22.2. The molecule has 0 unspecified atom stereocenters. The van der Waals surface area contributed by atoms with Crippen LogP contribution in [0.2, 0.25) is 0 Å². The molecule has 0 bridgehead atoms. The van der Waals surface area contributed by atoms with E-state index in [2.05, 4.69) is 5.32 Å². The maximum absolute atomic E-state index is 12.9. The molecule has 2 aromatic carbocycles. The zero-order valence-corrected chi connectivity index (χ0v) is 17.8. The van der Waals surface area contributed by atoms with E-state index in [1.165, 1.54) is 28.6 Å². The van der Waals surface area contributed by atoms with Crippen LogP contribution in [0.15, 0.2) is 48.5 Å². The molecule has 1 heterocycles. The fourth-order valence-corrected chi connectivity index (χ4v) is 4.96. The second kappa shape index (κ2) is 10.0. The molecule has 8 heteroatoms. The number of carbonyl (C=O) groups excluding carboxylic acids is 1. The number of halogens is 1. The fourth-order valence-electron chi connectivity index (χ4n) is 3.40. The van der Waals surface area contributed by atoms with Gasteiger partial charge in [0.05, 0.1) is 12.3 Å². The van der Waals surface area contributed by atoms with Crippen LogP contribution in [0.1, 0.15) is 24.0 Å². The van der Waals surface area contributed by atoms with Gasteiger partial charge in [-0.1, -0.05) is 29.8 Å². The van der Waals surface area contributed by atoms with Crippen LogP contribution in [0.25, 0.3) is 0 Å². The van der Waals surface area contributed by atoms with Gasteiger partial charge in [-0.3, -0.25) is 4.79 Å². The molecule has 1 fully saturated rings. The number of nitrogens with zero attached hydrogens (tertiary/aromatic N) is 1. The minimum atomic E-state index is -3.40. The van der Waals surface area contributed by atoms with E-state index < -0.39 is 10.0 Å². The predicted molar refractivity (Wildman–Crippen MR) is 113 cm³/mol. The summed E-state index contributed by atoms with van der Waals surface area (Å²) in [5, 5.41) is 2.83. The van der Waals surface area contributed by atoms with Crippen LogP contribution in [0.4, 0.5) is 4.39 Å². The lowest BCUT2D eigenvalue weighted by Gasteiger charge is -2.30. The van der Waals surface area contributed by atoms with Crippen molar-refractivity contribution >= 4 is 15.9 Å². The summed E-state index contributed by atoms with van der Waals surface area (Å²) in [6.07, 6.45) is 0.996. The molecule has 0 atom stereocenters. The summed E-state index contributed by atoms with van der Waals surface area (Å²) in [6.45, 7) is 3.27. The molecule has 6 nitrogen and oxygen atoms in total. The van der Waals surface area contributed by atoms with Crippen LogP contribution in [0, 0.1) is 18.7 Å². The second-order valence-corrected chi connectivity index (χ2v) is 9.48. The minimum absolute atomic E-state index is 0.0229. The summed E-state index contributed by atoms with van der Waals surface area (Å²) in [4.78, 5) is 12.3. The average molecular weight is 435 g/mol. The van der Waals surface area contributed by atoms with Crippen LogP contribution < -0.4 is 10.1 Å². The Morgan fingerprint density at radius 1 is 1.10 bits per heavy atom. The third kappa shape index (κ3) is 6.27. The van der Waals surface area contributed by atoms with Crippen molar-refractivity contribution in [2.24, 2.45) is 5.92 Å². The number of piperidine rings is 1. The van der Waals surface area contributed by atoms with Crippen molar-refractivity contribution in [3.63, 3.8) is 0 Å². The number of benzene rings is 2. The lowest BCUT2D eigenvalue weighted by Crippen LogP contribution is -2.43. The van der Waals surface area contributed by atoms with Crippen LogP contribution in [-0.4, -0.2) is 44.9 Å². The summed E-state index contributed by atoms with van der Waals surface area (Å²) in [5.74, 6) is -0.110. The number of aryl methyl sites for hydroxylation is 1. The van der Waals surface area contributed by atoms with Gasteiger partial charge in [0, 0.05) is 19.0 Å². The molecule has 1 N–H and O–H groups in total. The van der Waals surface area contributed by atoms with Crippen LogP contribution in [0.3, 0.4) is 0 Å². The van der Waals surface area contributed by atoms with E-state index >= 15 is 0 Å². The van der Waals surface area contributed by atoms with Crippen LogP contribution in [0.5, 0.6) is 5.75 Å². The van der Waals surface area contributed by atoms with Gasteiger partial charge in [0.25, 0.3) is 0 Å². The zero-order chi connectivity index (χ0) is 21.6. The number of sulfonamides is 1. The van der Waals surface area contributed by atoms with E-state index in [-0.39, 0.29) is 30.0 Å². The topological polar surface area (TPSA) is 75.7 Å². The van der Waals surface area contributed by atoms with E-state index in [4.69, 9.17) is 4.74 Å². The van der Waals surface area contributed by atoms with Crippen LogP contribution in [-0.2, 0) is 20.6 Å². The van der Waals surface area contributed by atoms with Crippen molar-refractivity contribution in [2.45, 2.75) is 25.5 Å². The van der Waals surface area contributed by atoms with Gasteiger partial charge in [-0.25, -0.2) is 17.1 Å². The van der Waals surface area contributed by atoms with Gasteiger partial charge in [-0.05, 0) is 49.6 Å². The molecule has 0 radical (unpaired) electrons. The van der Waals surface area contributed by atoms with Gasteiger partial charge in [0.15, 0.2) is 0 Å². The van der Waals surface area contributed by atoms with E-state index in [1.807, 2.05) is 31.2 Å². The number of amides is 1. The minimum Gasteiger partial charge on any atom is -0.492 e. The van der Waals surface area contributed by atoms with Gasteiger partial charge in [0.2, 0.25) is 15.9 Å². The van der Waals surface area contributed by atoms with Gasteiger partial charge < -0.3 is 10.1 Å². The van der Waals surface area contributed by atoms with Crippen LogP contribution >= 0.6 is 0 Å². The highest BCUT2D eigenvalue weighted by Gasteiger charge is 2.31. The standard InChI is InChI=1S/C22H27FN2O4S/c1-17-2-4-18(5-3-17)16-30(27,28)25-13-10-19(11-14-25)22(26)24-12-15-29-21-8-6-20(23)7-9-21/h2-9,19H,10-16H2,1H3,(H,24,26). The Hall–Kier alpha value is -2.45. The van der Waals surface area contributed by atoms with Crippen molar-refractivity contribution in [3.05, 3.63) is 65.5 Å². The number of nitrogens with one attached hydrogen (secondary N) is 1. The Labute approximate surface area is 177 Å². The average Bonchev–Trinajstić information content (AvgIpc) is 2.74. The van der Waals surface area contributed by atoms with Gasteiger partial charge in [-0.2, -0.15) is 0 Å². The molecule has 1 amide bonds. The third-order valence-electron chi connectivity index (χ3n) is 5.17. The second-order valence-electron chi connectivity index (χ2n) is 7.51. The Kier molecular flexibility index (Phi) is 7.44. The highest BCUT2D eigenvalue weighted by molar-refractivity contribution is 7.88. The number of hydrogen-bond donors (Lipinski definition) is 1. The monoisotopic (exact) mass is 434 g/mol. The maximum Gasteiger partial charge on any atom is 0.223 e. The molecule has 1 aliphatic heterocycles. The summed E-state index contributed by atoms with van der Waals surface area (Å²) < 4.78 is 45.1. The smallest absolute Gasteiger partial charge is 0.223 e. The first-order valence-electron chi connectivity index (χ1n) is 10.0. The molecule has 1 saturated heterocycles. The molecule has 162 valence electrons. The predicted octanol–water partition coefficient (Wildman–Crippen LogP) is 2.87. The van der Waals surface area contributed by atoms with Crippen molar-refractivity contribution in [1.29, 1.82) is 0 Å². The normalized spacial score (nSPS) is 15.7. The molecule has 1 aliphatic rings. The van der Waals surface area contributed by atoms with E-state index in [9.17, 15) is 17.6 Å². The Bertz CT molecular complexity index is 938. The summed E-state index contributed by atoms with van der Waals surface area (Å²) in [7, 11) is -3.40. The lowest BCUT2D eigenvalue weighted by molar-refractivity contribution is -0.126. The van der Waals surface area contributed by atoms with Crippen molar-refractivity contribution in [2.75, 3.05) is 26.2 Å². The molecule has 0 spiro atoms. The number of carbonyl (C=O) groups is 1. The van der Waals surface area contributed by atoms with E-state index in [0.29, 0.717) is 38.2 Å². The largest absolute Gasteiger partial charge is 0.492 e. The Balaban J connectivity index is 1.40. The molecule has 3 rings (SSSR count). The molecule has 0 aliphatic carbocycles. The van der Waals surface area contributed by atoms with Crippen molar-refractivity contribution < 1.29 is 22.3 Å². The number of rotatable bonds is 8.